The number of nitrogens with one attached hydrogen (secondary N) is 1. The van der Waals surface area contributed by atoms with Crippen LogP contribution < -0.4 is 10.2 Å². The second-order valence-corrected chi connectivity index (χ2v) is 6.77. The highest BCUT2D eigenvalue weighted by molar-refractivity contribution is 14.1. The molecule has 1 N–H and O–H groups in total. The van der Waals surface area contributed by atoms with E-state index in [4.69, 9.17) is 4.74 Å². The van der Waals surface area contributed by atoms with E-state index >= 15 is 0 Å². The Hall–Kier alpha value is -3.27. The highest BCUT2D eigenvalue weighted by Gasteiger charge is 2.11. The quantitative estimate of drug-likeness (QED) is 0.134. The third kappa shape index (κ3) is 5.13. The van der Waals surface area contributed by atoms with Gasteiger partial charge in [-0.1, -0.05) is 12.1 Å². The molecule has 3 aromatic rings. The van der Waals surface area contributed by atoms with E-state index < -0.39 is 10.9 Å². The predicted molar refractivity (Wildman–Crippen MR) is 115 cm³/mol. The summed E-state index contributed by atoms with van der Waals surface area (Å²) in [5, 5.41) is 14.7. The van der Waals surface area contributed by atoms with Gasteiger partial charge in [-0.05, 0) is 76.7 Å². The number of nitro groups is 1. The van der Waals surface area contributed by atoms with Gasteiger partial charge in [-0.2, -0.15) is 5.10 Å². The molecule has 0 unspecified atom stereocenters. The first kappa shape index (κ1) is 19.5. The highest BCUT2D eigenvalue weighted by Crippen LogP contribution is 2.18. The number of anilines is 1. The summed E-state index contributed by atoms with van der Waals surface area (Å²) in [4.78, 5) is 22.4. The molecule has 0 saturated carbocycles. The topological polar surface area (TPSA) is 93.8 Å². The van der Waals surface area contributed by atoms with Crippen LogP contribution >= 0.6 is 22.6 Å². The van der Waals surface area contributed by atoms with Crippen molar-refractivity contribution >= 4 is 46.1 Å². The van der Waals surface area contributed by atoms with Crippen LogP contribution in [0.15, 0.2) is 77.9 Å². The molecule has 0 saturated heterocycles. The van der Waals surface area contributed by atoms with Crippen LogP contribution in [-0.4, -0.2) is 17.1 Å². The molecule has 0 bridgehead atoms. The number of hydrogen-bond acceptors (Lipinski definition) is 6. The van der Waals surface area contributed by atoms with Crippen LogP contribution in [0.2, 0.25) is 0 Å². The van der Waals surface area contributed by atoms with Gasteiger partial charge in [-0.15, -0.1) is 0 Å². The van der Waals surface area contributed by atoms with Crippen LogP contribution in [0.5, 0.6) is 5.75 Å². The van der Waals surface area contributed by atoms with Crippen molar-refractivity contribution in [1.82, 2.24) is 0 Å². The molecule has 0 aliphatic carbocycles. The summed E-state index contributed by atoms with van der Waals surface area (Å²) in [6.45, 7) is 0. The minimum atomic E-state index is -0.458. The first-order valence-corrected chi connectivity index (χ1v) is 9.21. The van der Waals surface area contributed by atoms with E-state index in [1.54, 1.807) is 54.7 Å². The first-order chi connectivity index (χ1) is 13.5. The lowest BCUT2D eigenvalue weighted by Gasteiger charge is -2.06. The monoisotopic (exact) mass is 487 g/mol. The Morgan fingerprint density at radius 2 is 1.71 bits per heavy atom. The molecule has 0 fully saturated rings. The molecule has 0 heterocycles. The Bertz CT molecular complexity index is 1020. The standard InChI is InChI=1S/C20H14IN3O4/c21-19-4-2-1-3-18(19)20(25)28-17-11-5-14(6-12-17)13-22-23-15-7-9-16(10-8-15)24(26)27/h1-13,23H/b22-13+. The highest BCUT2D eigenvalue weighted by atomic mass is 127. The molecule has 0 aromatic heterocycles. The van der Waals surface area contributed by atoms with Crippen molar-refractivity contribution in [3.05, 3.63) is 97.6 Å². The molecular formula is C20H14IN3O4. The number of hydrazone groups is 1. The third-order valence-corrected chi connectivity index (χ3v) is 4.61. The fourth-order valence-corrected chi connectivity index (χ4v) is 2.86. The smallest absolute Gasteiger partial charge is 0.344 e. The molecule has 8 heteroatoms. The van der Waals surface area contributed by atoms with Gasteiger partial charge in [-0.25, -0.2) is 4.79 Å². The van der Waals surface area contributed by atoms with Crippen molar-refractivity contribution in [1.29, 1.82) is 0 Å². The summed E-state index contributed by atoms with van der Waals surface area (Å²) in [6.07, 6.45) is 1.59. The zero-order valence-electron chi connectivity index (χ0n) is 14.4. The van der Waals surface area contributed by atoms with Gasteiger partial charge >= 0.3 is 5.97 Å². The third-order valence-electron chi connectivity index (χ3n) is 3.67. The Morgan fingerprint density at radius 3 is 2.36 bits per heavy atom. The van der Waals surface area contributed by atoms with E-state index in [-0.39, 0.29) is 5.69 Å². The summed E-state index contributed by atoms with van der Waals surface area (Å²) in [5.41, 5.74) is 4.75. The average Bonchev–Trinajstić information content (AvgIpc) is 2.70. The van der Waals surface area contributed by atoms with Crippen LogP contribution in [0.25, 0.3) is 0 Å². The second kappa shape index (κ2) is 9.09. The van der Waals surface area contributed by atoms with Crippen molar-refractivity contribution < 1.29 is 14.5 Å². The molecule has 3 aromatic carbocycles. The fourth-order valence-electron chi connectivity index (χ4n) is 2.25. The van der Waals surface area contributed by atoms with Crippen molar-refractivity contribution in [3.63, 3.8) is 0 Å². The minimum Gasteiger partial charge on any atom is -0.423 e. The van der Waals surface area contributed by atoms with Crippen LogP contribution in [0.4, 0.5) is 11.4 Å². The zero-order valence-corrected chi connectivity index (χ0v) is 16.6. The van der Waals surface area contributed by atoms with Gasteiger partial charge in [0.1, 0.15) is 5.75 Å². The molecule has 7 nitrogen and oxygen atoms in total. The molecule has 0 spiro atoms. The molecule has 0 amide bonds. The Kier molecular flexibility index (Phi) is 6.33. The van der Waals surface area contributed by atoms with Gasteiger partial charge in [0.25, 0.3) is 5.69 Å². The van der Waals surface area contributed by atoms with E-state index in [9.17, 15) is 14.9 Å². The van der Waals surface area contributed by atoms with Crippen molar-refractivity contribution in [2.75, 3.05) is 5.43 Å². The maximum atomic E-state index is 12.2. The number of carbonyl (C=O) groups excluding carboxylic acids is 1. The molecule has 3 rings (SSSR count). The van der Waals surface area contributed by atoms with Gasteiger partial charge < -0.3 is 4.74 Å². The van der Waals surface area contributed by atoms with Gasteiger partial charge in [0.05, 0.1) is 22.4 Å². The van der Waals surface area contributed by atoms with Gasteiger partial charge in [0, 0.05) is 15.7 Å². The van der Waals surface area contributed by atoms with Crippen LogP contribution in [0.3, 0.4) is 0 Å². The normalized spacial score (nSPS) is 10.6. The number of rotatable bonds is 6. The van der Waals surface area contributed by atoms with E-state index in [0.29, 0.717) is 17.0 Å². The van der Waals surface area contributed by atoms with E-state index in [2.05, 4.69) is 33.1 Å². The molecular weight excluding hydrogens is 473 g/mol. The van der Waals surface area contributed by atoms with Crippen molar-refractivity contribution in [2.24, 2.45) is 5.10 Å². The number of halogens is 1. The minimum absolute atomic E-state index is 0.0184. The number of benzene rings is 3. The second-order valence-electron chi connectivity index (χ2n) is 5.61. The lowest BCUT2D eigenvalue weighted by Crippen LogP contribution is -2.10. The molecule has 0 atom stereocenters. The maximum Gasteiger partial charge on any atom is 0.344 e. The largest absolute Gasteiger partial charge is 0.423 e. The average molecular weight is 487 g/mol. The number of nitrogens with zero attached hydrogens (tertiary/aromatic N) is 2. The molecule has 28 heavy (non-hydrogen) atoms. The first-order valence-electron chi connectivity index (χ1n) is 8.13. The summed E-state index contributed by atoms with van der Waals surface area (Å²) in [7, 11) is 0. The van der Waals surface area contributed by atoms with Crippen molar-refractivity contribution in [2.45, 2.75) is 0 Å². The molecule has 0 aliphatic rings. The number of hydrogen-bond donors (Lipinski definition) is 1. The van der Waals surface area contributed by atoms with Crippen LogP contribution in [-0.2, 0) is 0 Å². The predicted octanol–water partition coefficient (Wildman–Crippen LogP) is 4.86. The number of ether oxygens (including phenoxy) is 1. The summed E-state index contributed by atoms with van der Waals surface area (Å²) >= 11 is 2.09. The van der Waals surface area contributed by atoms with E-state index in [1.165, 1.54) is 12.1 Å². The fraction of sp³-hybridized carbons (Fsp3) is 0. The van der Waals surface area contributed by atoms with Gasteiger partial charge in [0.2, 0.25) is 0 Å². The Balaban J connectivity index is 1.58. The van der Waals surface area contributed by atoms with E-state index in [1.807, 2.05) is 12.1 Å². The van der Waals surface area contributed by atoms with Gasteiger partial charge in [0.15, 0.2) is 0 Å². The van der Waals surface area contributed by atoms with Gasteiger partial charge in [-0.3, -0.25) is 15.5 Å². The Labute approximate surface area is 174 Å². The molecule has 140 valence electrons. The van der Waals surface area contributed by atoms with Crippen LogP contribution in [0, 0.1) is 13.7 Å². The Morgan fingerprint density at radius 1 is 1.04 bits per heavy atom. The summed E-state index contributed by atoms with van der Waals surface area (Å²) in [5.74, 6) is 0.0244. The summed E-state index contributed by atoms with van der Waals surface area (Å²) < 4.78 is 6.21. The van der Waals surface area contributed by atoms with E-state index in [0.717, 1.165) is 9.13 Å². The number of nitro benzene ring substituents is 1. The lowest BCUT2D eigenvalue weighted by atomic mass is 10.2. The number of non-ortho nitro benzene ring substituents is 1. The van der Waals surface area contributed by atoms with Crippen LogP contribution in [0.1, 0.15) is 15.9 Å². The SMILES string of the molecule is O=C(Oc1ccc(/C=N/Nc2ccc([N+](=O)[O-])cc2)cc1)c1ccccc1I. The number of esters is 1. The summed E-state index contributed by atoms with van der Waals surface area (Å²) in [6, 6.07) is 20.0. The lowest BCUT2D eigenvalue weighted by molar-refractivity contribution is -0.384. The maximum absolute atomic E-state index is 12.2. The molecule has 0 aliphatic heterocycles. The molecule has 0 radical (unpaired) electrons. The van der Waals surface area contributed by atoms with Crippen molar-refractivity contribution in [3.8, 4) is 5.75 Å². The number of carbonyl (C=O) groups is 1. The zero-order chi connectivity index (χ0) is 19.9.